The number of hydrogen-bond donors (Lipinski definition) is 2. The van der Waals surface area contributed by atoms with Gasteiger partial charge in [-0.1, -0.05) is 13.8 Å². The van der Waals surface area contributed by atoms with Gasteiger partial charge in [0.25, 0.3) is 0 Å². The zero-order valence-electron chi connectivity index (χ0n) is 12.1. The fourth-order valence-corrected chi connectivity index (χ4v) is 2.77. The normalized spacial score (nSPS) is 14.0. The van der Waals surface area contributed by atoms with Crippen molar-refractivity contribution in [1.29, 1.82) is 0 Å². The molecule has 1 amide bonds. The Labute approximate surface area is 116 Å². The van der Waals surface area contributed by atoms with Gasteiger partial charge in [-0.05, 0) is 25.9 Å². The predicted octanol–water partition coefficient (Wildman–Crippen LogP) is -0.418. The number of rotatable bonds is 10. The Hall–Kier alpha value is -0.660. The lowest BCUT2D eigenvalue weighted by molar-refractivity contribution is -0.117. The summed E-state index contributed by atoms with van der Waals surface area (Å²) < 4.78 is 23.3. The van der Waals surface area contributed by atoms with Gasteiger partial charge in [-0.25, -0.2) is 8.42 Å². The zero-order valence-corrected chi connectivity index (χ0v) is 12.9. The van der Waals surface area contributed by atoms with Crippen LogP contribution in [-0.2, 0) is 14.6 Å². The van der Waals surface area contributed by atoms with E-state index in [1.807, 2.05) is 11.9 Å². The van der Waals surface area contributed by atoms with Crippen molar-refractivity contribution in [1.82, 2.24) is 4.90 Å². The van der Waals surface area contributed by atoms with Gasteiger partial charge in [0.15, 0.2) is 9.84 Å². The minimum Gasteiger partial charge on any atom is -0.370 e. The van der Waals surface area contributed by atoms with Crippen molar-refractivity contribution in [2.24, 2.45) is 17.4 Å². The summed E-state index contributed by atoms with van der Waals surface area (Å²) in [4.78, 5) is 12.5. The molecule has 0 aromatic rings. The molecule has 0 bridgehead atoms. The molecular formula is C12H27N3O3S. The summed E-state index contributed by atoms with van der Waals surface area (Å²) in [6.07, 6.45) is 0.736. The van der Waals surface area contributed by atoms with Gasteiger partial charge in [0.2, 0.25) is 5.91 Å². The van der Waals surface area contributed by atoms with Crippen LogP contribution in [0.15, 0.2) is 0 Å². The summed E-state index contributed by atoms with van der Waals surface area (Å²) in [5, 5.41) is 0. The van der Waals surface area contributed by atoms with Crippen molar-refractivity contribution in [2.45, 2.75) is 32.7 Å². The highest BCUT2D eigenvalue weighted by molar-refractivity contribution is 7.91. The molecule has 0 aromatic carbocycles. The molecule has 0 radical (unpaired) electrons. The van der Waals surface area contributed by atoms with Crippen LogP contribution in [0.3, 0.4) is 0 Å². The highest BCUT2D eigenvalue weighted by atomic mass is 32.2. The summed E-state index contributed by atoms with van der Waals surface area (Å²) in [5.41, 5.74) is 10.9. The minimum absolute atomic E-state index is 0.0493. The average molecular weight is 293 g/mol. The van der Waals surface area contributed by atoms with Gasteiger partial charge in [-0.15, -0.1) is 0 Å². The average Bonchev–Trinajstić information content (AvgIpc) is 2.31. The van der Waals surface area contributed by atoms with E-state index in [0.717, 1.165) is 13.0 Å². The molecule has 0 heterocycles. The standard InChI is InChI=1S/C12H27N3O3S/c1-10(2)11(13)4-6-15(3)7-9-19(17,18)8-5-12(14)16/h10-11H,4-9,13H2,1-3H3,(H2,14,16). The van der Waals surface area contributed by atoms with Crippen LogP contribution in [0.5, 0.6) is 0 Å². The smallest absolute Gasteiger partial charge is 0.218 e. The summed E-state index contributed by atoms with van der Waals surface area (Å²) in [6, 6.07) is 0.133. The molecule has 0 aromatic heterocycles. The first-order valence-corrected chi connectivity index (χ1v) is 8.39. The second-order valence-corrected chi connectivity index (χ2v) is 7.67. The first-order chi connectivity index (χ1) is 8.64. The first-order valence-electron chi connectivity index (χ1n) is 6.57. The summed E-state index contributed by atoms with van der Waals surface area (Å²) in [5.74, 6) is -0.275. The second-order valence-electron chi connectivity index (χ2n) is 5.37. The van der Waals surface area contributed by atoms with Gasteiger partial charge in [-0.3, -0.25) is 4.79 Å². The van der Waals surface area contributed by atoms with E-state index in [9.17, 15) is 13.2 Å². The van der Waals surface area contributed by atoms with Crippen LogP contribution in [0.4, 0.5) is 0 Å². The van der Waals surface area contributed by atoms with Crippen molar-refractivity contribution in [3.05, 3.63) is 0 Å². The van der Waals surface area contributed by atoms with Crippen LogP contribution in [0.2, 0.25) is 0 Å². The van der Waals surface area contributed by atoms with Gasteiger partial charge in [0.05, 0.1) is 11.5 Å². The quantitative estimate of drug-likeness (QED) is 0.569. The largest absolute Gasteiger partial charge is 0.370 e. The van der Waals surface area contributed by atoms with Gasteiger partial charge >= 0.3 is 0 Å². The Morgan fingerprint density at radius 3 is 2.26 bits per heavy atom. The third-order valence-electron chi connectivity index (χ3n) is 3.14. The van der Waals surface area contributed by atoms with Crippen LogP contribution in [0.1, 0.15) is 26.7 Å². The molecular weight excluding hydrogens is 266 g/mol. The Morgan fingerprint density at radius 1 is 1.21 bits per heavy atom. The van der Waals surface area contributed by atoms with Crippen molar-refractivity contribution >= 4 is 15.7 Å². The van der Waals surface area contributed by atoms with Gasteiger partial charge < -0.3 is 16.4 Å². The fraction of sp³-hybridized carbons (Fsp3) is 0.917. The number of sulfone groups is 1. The molecule has 0 spiro atoms. The Balaban J connectivity index is 3.95. The van der Waals surface area contributed by atoms with Gasteiger partial charge in [0.1, 0.15) is 0 Å². The lowest BCUT2D eigenvalue weighted by Gasteiger charge is -2.21. The highest BCUT2D eigenvalue weighted by Gasteiger charge is 2.14. The van der Waals surface area contributed by atoms with Gasteiger partial charge in [-0.2, -0.15) is 0 Å². The van der Waals surface area contributed by atoms with E-state index in [2.05, 4.69) is 13.8 Å². The number of amides is 1. The van der Waals surface area contributed by atoms with Gasteiger partial charge in [0, 0.05) is 19.0 Å². The van der Waals surface area contributed by atoms with E-state index < -0.39 is 15.7 Å². The SMILES string of the molecule is CC(C)C(N)CCN(C)CCS(=O)(=O)CCC(N)=O. The number of carbonyl (C=O) groups excluding carboxylic acids is 1. The van der Waals surface area contributed by atoms with Crippen LogP contribution in [0.25, 0.3) is 0 Å². The van der Waals surface area contributed by atoms with Crippen LogP contribution in [-0.4, -0.2) is 56.9 Å². The predicted molar refractivity (Wildman–Crippen MR) is 77.4 cm³/mol. The lowest BCUT2D eigenvalue weighted by Crippen LogP contribution is -2.34. The summed E-state index contributed by atoms with van der Waals surface area (Å²) >= 11 is 0. The van der Waals surface area contributed by atoms with E-state index in [0.29, 0.717) is 12.5 Å². The second kappa shape index (κ2) is 8.50. The van der Waals surface area contributed by atoms with E-state index in [1.54, 1.807) is 0 Å². The van der Waals surface area contributed by atoms with Crippen LogP contribution >= 0.6 is 0 Å². The maximum Gasteiger partial charge on any atom is 0.218 e. The molecule has 0 fully saturated rings. The van der Waals surface area contributed by atoms with Crippen molar-refractivity contribution in [3.63, 3.8) is 0 Å². The highest BCUT2D eigenvalue weighted by Crippen LogP contribution is 2.04. The number of hydrogen-bond acceptors (Lipinski definition) is 5. The molecule has 114 valence electrons. The molecule has 6 nitrogen and oxygen atoms in total. The summed E-state index contributed by atoms with van der Waals surface area (Å²) in [7, 11) is -1.33. The number of nitrogens with zero attached hydrogens (tertiary/aromatic N) is 1. The number of nitrogens with two attached hydrogens (primary N) is 2. The monoisotopic (exact) mass is 293 g/mol. The maximum atomic E-state index is 11.6. The Kier molecular flexibility index (Phi) is 8.20. The van der Waals surface area contributed by atoms with Crippen LogP contribution in [0, 0.1) is 5.92 Å². The lowest BCUT2D eigenvalue weighted by atomic mass is 10.0. The van der Waals surface area contributed by atoms with Crippen molar-refractivity contribution in [3.8, 4) is 0 Å². The van der Waals surface area contributed by atoms with Crippen molar-refractivity contribution < 1.29 is 13.2 Å². The van der Waals surface area contributed by atoms with E-state index in [-0.39, 0.29) is 24.0 Å². The molecule has 4 N–H and O–H groups in total. The van der Waals surface area contributed by atoms with E-state index in [4.69, 9.17) is 11.5 Å². The molecule has 0 aliphatic rings. The maximum absolute atomic E-state index is 11.6. The molecule has 19 heavy (non-hydrogen) atoms. The molecule has 0 saturated carbocycles. The number of primary amides is 1. The van der Waals surface area contributed by atoms with Crippen LogP contribution < -0.4 is 11.5 Å². The van der Waals surface area contributed by atoms with Crippen molar-refractivity contribution in [2.75, 3.05) is 31.6 Å². The molecule has 7 heteroatoms. The number of carbonyl (C=O) groups is 1. The Morgan fingerprint density at radius 2 is 1.79 bits per heavy atom. The van der Waals surface area contributed by atoms with E-state index >= 15 is 0 Å². The zero-order chi connectivity index (χ0) is 15.1. The first kappa shape index (κ1) is 18.3. The minimum atomic E-state index is -3.20. The molecule has 1 atom stereocenters. The molecule has 0 rings (SSSR count). The molecule has 1 unspecified atom stereocenters. The third kappa shape index (κ3) is 9.86. The fourth-order valence-electron chi connectivity index (χ4n) is 1.47. The third-order valence-corrected chi connectivity index (χ3v) is 4.77. The molecule has 0 saturated heterocycles. The topological polar surface area (TPSA) is 106 Å². The summed E-state index contributed by atoms with van der Waals surface area (Å²) in [6.45, 7) is 5.36. The van der Waals surface area contributed by atoms with E-state index in [1.165, 1.54) is 0 Å². The Bertz CT molecular complexity index is 368. The molecule has 0 aliphatic carbocycles. The molecule has 0 aliphatic heterocycles.